The van der Waals surface area contributed by atoms with Gasteiger partial charge < -0.3 is 14.8 Å². The van der Waals surface area contributed by atoms with Gasteiger partial charge in [0, 0.05) is 38.6 Å². The van der Waals surface area contributed by atoms with Gasteiger partial charge in [0.15, 0.2) is 0 Å². The molecule has 0 amide bonds. The Morgan fingerprint density at radius 2 is 2.14 bits per heavy atom. The number of nitrogens with zero attached hydrogens (tertiary/aromatic N) is 3. The molecule has 21 heavy (non-hydrogen) atoms. The van der Waals surface area contributed by atoms with Gasteiger partial charge in [0.25, 0.3) is 0 Å². The van der Waals surface area contributed by atoms with Gasteiger partial charge in [-0.3, -0.25) is 0 Å². The van der Waals surface area contributed by atoms with Crippen LogP contribution in [0.4, 0.5) is 0 Å². The maximum atomic E-state index is 4.36. The van der Waals surface area contributed by atoms with Crippen molar-refractivity contribution in [3.8, 4) is 0 Å². The third-order valence-electron chi connectivity index (χ3n) is 4.30. The van der Waals surface area contributed by atoms with Crippen LogP contribution < -0.4 is 5.32 Å². The SMILES string of the molecule is Cn1ccnc1CNC1CCN(CCc2ccccc2)C1. The highest BCUT2D eigenvalue weighted by atomic mass is 15.2. The Hall–Kier alpha value is -1.65. The summed E-state index contributed by atoms with van der Waals surface area (Å²) in [6.45, 7) is 4.37. The van der Waals surface area contributed by atoms with E-state index in [1.54, 1.807) is 0 Å². The Labute approximate surface area is 126 Å². The second-order valence-electron chi connectivity index (χ2n) is 5.86. The molecule has 1 aromatic carbocycles. The van der Waals surface area contributed by atoms with E-state index in [-0.39, 0.29) is 0 Å². The van der Waals surface area contributed by atoms with Crippen LogP contribution in [0.15, 0.2) is 42.7 Å². The Balaban J connectivity index is 1.40. The summed E-state index contributed by atoms with van der Waals surface area (Å²) >= 11 is 0. The first-order valence-electron chi connectivity index (χ1n) is 7.77. The Morgan fingerprint density at radius 3 is 2.90 bits per heavy atom. The van der Waals surface area contributed by atoms with Crippen molar-refractivity contribution in [2.24, 2.45) is 7.05 Å². The number of aromatic nitrogens is 2. The van der Waals surface area contributed by atoms with Crippen LogP contribution in [0.5, 0.6) is 0 Å². The molecule has 4 nitrogen and oxygen atoms in total. The summed E-state index contributed by atoms with van der Waals surface area (Å²) in [5.41, 5.74) is 1.43. The van der Waals surface area contributed by atoms with Gasteiger partial charge in [-0.15, -0.1) is 0 Å². The first-order valence-corrected chi connectivity index (χ1v) is 7.77. The van der Waals surface area contributed by atoms with E-state index < -0.39 is 0 Å². The van der Waals surface area contributed by atoms with Crippen LogP contribution >= 0.6 is 0 Å². The molecule has 2 heterocycles. The predicted molar refractivity (Wildman–Crippen MR) is 85.0 cm³/mol. The second kappa shape index (κ2) is 6.87. The molecule has 1 aliphatic rings. The molecule has 1 aliphatic heterocycles. The summed E-state index contributed by atoms with van der Waals surface area (Å²) in [6.07, 6.45) is 6.24. The number of hydrogen-bond donors (Lipinski definition) is 1. The number of rotatable bonds is 6. The summed E-state index contributed by atoms with van der Waals surface area (Å²) in [4.78, 5) is 6.92. The number of likely N-dealkylation sites (tertiary alicyclic amines) is 1. The van der Waals surface area contributed by atoms with Gasteiger partial charge in [-0.25, -0.2) is 4.98 Å². The Morgan fingerprint density at radius 1 is 1.29 bits per heavy atom. The summed E-state index contributed by atoms with van der Waals surface area (Å²) in [7, 11) is 2.05. The molecule has 0 bridgehead atoms. The lowest BCUT2D eigenvalue weighted by Gasteiger charge is -2.16. The minimum absolute atomic E-state index is 0.595. The molecule has 1 aromatic heterocycles. The van der Waals surface area contributed by atoms with Gasteiger partial charge in [-0.2, -0.15) is 0 Å². The molecule has 2 aromatic rings. The Kier molecular flexibility index (Phi) is 4.68. The largest absolute Gasteiger partial charge is 0.337 e. The summed E-state index contributed by atoms with van der Waals surface area (Å²) in [6, 6.07) is 11.3. The monoisotopic (exact) mass is 284 g/mol. The van der Waals surface area contributed by atoms with E-state index in [1.165, 1.54) is 18.5 Å². The van der Waals surface area contributed by atoms with Gasteiger partial charge in [-0.1, -0.05) is 30.3 Å². The van der Waals surface area contributed by atoms with Crippen molar-refractivity contribution in [1.29, 1.82) is 0 Å². The van der Waals surface area contributed by atoms with Crippen molar-refractivity contribution in [2.75, 3.05) is 19.6 Å². The molecule has 0 spiro atoms. The third-order valence-corrected chi connectivity index (χ3v) is 4.30. The summed E-state index contributed by atoms with van der Waals surface area (Å²) < 4.78 is 2.08. The molecular weight excluding hydrogens is 260 g/mol. The van der Waals surface area contributed by atoms with E-state index >= 15 is 0 Å². The van der Waals surface area contributed by atoms with E-state index in [1.807, 2.05) is 19.4 Å². The van der Waals surface area contributed by atoms with E-state index in [2.05, 4.69) is 50.1 Å². The van der Waals surface area contributed by atoms with E-state index in [0.29, 0.717) is 6.04 Å². The molecule has 4 heteroatoms. The van der Waals surface area contributed by atoms with Crippen LogP contribution in [-0.2, 0) is 20.0 Å². The van der Waals surface area contributed by atoms with Gasteiger partial charge in [0.2, 0.25) is 0 Å². The molecule has 1 saturated heterocycles. The second-order valence-corrected chi connectivity index (χ2v) is 5.86. The normalized spacial score (nSPS) is 19.2. The molecule has 0 radical (unpaired) electrons. The fourth-order valence-electron chi connectivity index (χ4n) is 2.94. The van der Waals surface area contributed by atoms with Crippen molar-refractivity contribution in [3.05, 3.63) is 54.1 Å². The quantitative estimate of drug-likeness (QED) is 0.878. The number of hydrogen-bond acceptors (Lipinski definition) is 3. The molecule has 3 rings (SSSR count). The van der Waals surface area contributed by atoms with Crippen molar-refractivity contribution in [2.45, 2.75) is 25.4 Å². The molecule has 0 aliphatic carbocycles. The number of nitrogens with one attached hydrogen (secondary N) is 1. The minimum atomic E-state index is 0.595. The van der Waals surface area contributed by atoms with Crippen LogP contribution in [-0.4, -0.2) is 40.1 Å². The van der Waals surface area contributed by atoms with E-state index in [0.717, 1.165) is 31.9 Å². The van der Waals surface area contributed by atoms with Crippen molar-refractivity contribution in [1.82, 2.24) is 19.8 Å². The van der Waals surface area contributed by atoms with Gasteiger partial charge in [0.05, 0.1) is 6.54 Å². The van der Waals surface area contributed by atoms with E-state index in [4.69, 9.17) is 0 Å². The fourth-order valence-corrected chi connectivity index (χ4v) is 2.94. The van der Waals surface area contributed by atoms with Gasteiger partial charge in [-0.05, 0) is 24.9 Å². The van der Waals surface area contributed by atoms with Crippen LogP contribution in [0.25, 0.3) is 0 Å². The average Bonchev–Trinajstić information content (AvgIpc) is 3.13. The molecule has 0 saturated carbocycles. The topological polar surface area (TPSA) is 33.1 Å². The summed E-state index contributed by atoms with van der Waals surface area (Å²) in [5, 5.41) is 3.63. The number of aryl methyl sites for hydroxylation is 1. The zero-order chi connectivity index (χ0) is 14.5. The van der Waals surface area contributed by atoms with Crippen LogP contribution in [0.3, 0.4) is 0 Å². The first-order chi connectivity index (χ1) is 10.3. The van der Waals surface area contributed by atoms with Crippen LogP contribution in [0, 0.1) is 0 Å². The molecular formula is C17H24N4. The van der Waals surface area contributed by atoms with Crippen LogP contribution in [0.1, 0.15) is 17.8 Å². The van der Waals surface area contributed by atoms with Crippen molar-refractivity contribution >= 4 is 0 Å². The highest BCUT2D eigenvalue weighted by Gasteiger charge is 2.21. The molecule has 1 unspecified atom stereocenters. The molecule has 1 fully saturated rings. The van der Waals surface area contributed by atoms with Gasteiger partial charge in [0.1, 0.15) is 5.82 Å². The zero-order valence-electron chi connectivity index (χ0n) is 12.7. The smallest absolute Gasteiger partial charge is 0.122 e. The maximum Gasteiger partial charge on any atom is 0.122 e. The zero-order valence-corrected chi connectivity index (χ0v) is 12.7. The lowest BCUT2D eigenvalue weighted by atomic mass is 10.1. The number of benzene rings is 1. The van der Waals surface area contributed by atoms with E-state index in [9.17, 15) is 0 Å². The fraction of sp³-hybridized carbons (Fsp3) is 0.471. The first kappa shape index (κ1) is 14.3. The predicted octanol–water partition coefficient (Wildman–Crippen LogP) is 1.83. The van der Waals surface area contributed by atoms with Crippen molar-refractivity contribution < 1.29 is 0 Å². The lowest BCUT2D eigenvalue weighted by molar-refractivity contribution is 0.331. The molecule has 1 atom stereocenters. The average molecular weight is 284 g/mol. The highest BCUT2D eigenvalue weighted by molar-refractivity contribution is 5.14. The van der Waals surface area contributed by atoms with Crippen LogP contribution in [0.2, 0.25) is 0 Å². The summed E-state index contributed by atoms with van der Waals surface area (Å²) in [5.74, 6) is 1.11. The Bertz CT molecular complexity index is 549. The standard InChI is InChI=1S/C17H24N4/c1-20-12-9-18-17(20)13-19-16-8-11-21(14-16)10-7-15-5-3-2-4-6-15/h2-6,9,12,16,19H,7-8,10-11,13-14H2,1H3. The maximum absolute atomic E-state index is 4.36. The molecule has 1 N–H and O–H groups in total. The highest BCUT2D eigenvalue weighted by Crippen LogP contribution is 2.11. The number of imidazole rings is 1. The lowest BCUT2D eigenvalue weighted by Crippen LogP contribution is -2.33. The van der Waals surface area contributed by atoms with Crippen molar-refractivity contribution in [3.63, 3.8) is 0 Å². The minimum Gasteiger partial charge on any atom is -0.337 e. The third kappa shape index (κ3) is 3.93. The van der Waals surface area contributed by atoms with Gasteiger partial charge >= 0.3 is 0 Å². The molecule has 112 valence electrons.